The molecule has 1 saturated carbocycles. The van der Waals surface area contributed by atoms with Crippen molar-refractivity contribution in [2.75, 3.05) is 0 Å². The molecule has 0 unspecified atom stereocenters. The van der Waals surface area contributed by atoms with Gasteiger partial charge in [0.05, 0.1) is 11.1 Å². The van der Waals surface area contributed by atoms with Gasteiger partial charge in [-0.2, -0.15) is 0 Å². The number of fused-ring (bicyclic) bond motifs is 1. The van der Waals surface area contributed by atoms with Gasteiger partial charge in [0.2, 0.25) is 0 Å². The Morgan fingerprint density at radius 3 is 2.65 bits per heavy atom. The van der Waals surface area contributed by atoms with Gasteiger partial charge in [-0.05, 0) is 23.8 Å². The number of carbonyl (C=O) groups is 1. The van der Waals surface area contributed by atoms with Gasteiger partial charge in [0, 0.05) is 23.7 Å². The lowest BCUT2D eigenvalue weighted by Gasteiger charge is -2.08. The number of benzene rings is 1. The Bertz CT molecular complexity index is 739. The van der Waals surface area contributed by atoms with E-state index in [4.69, 9.17) is 11.6 Å². The van der Waals surface area contributed by atoms with E-state index in [1.54, 1.807) is 0 Å². The van der Waals surface area contributed by atoms with E-state index >= 15 is 0 Å². The Labute approximate surface area is 138 Å². The van der Waals surface area contributed by atoms with Crippen molar-refractivity contribution in [1.29, 1.82) is 0 Å². The second-order valence-corrected chi connectivity index (χ2v) is 9.37. The first-order chi connectivity index (χ1) is 9.50. The first-order valence-corrected chi connectivity index (χ1v) is 8.29. The molecular weight excluding hydrogens is 405 g/mol. The normalized spacial score (nSPS) is 29.8. The summed E-state index contributed by atoms with van der Waals surface area (Å²) in [4.78, 5) is 12.8. The number of hydrogen-bond donors (Lipinski definition) is 0. The summed E-state index contributed by atoms with van der Waals surface area (Å²) in [5.41, 5.74) is 1.32. The van der Waals surface area contributed by atoms with Crippen molar-refractivity contribution in [2.24, 2.45) is 5.41 Å². The summed E-state index contributed by atoms with van der Waals surface area (Å²) in [6.45, 7) is 0.681. The van der Waals surface area contributed by atoms with Crippen molar-refractivity contribution >= 4 is 49.2 Å². The summed E-state index contributed by atoms with van der Waals surface area (Å²) in [5.74, 6) is 0.220. The van der Waals surface area contributed by atoms with E-state index < -0.39 is 8.65 Å². The average molecular weight is 416 g/mol. The minimum atomic E-state index is -0.478. The van der Waals surface area contributed by atoms with E-state index in [2.05, 4.69) is 31.9 Å². The van der Waals surface area contributed by atoms with Crippen LogP contribution < -0.4 is 0 Å². The maximum absolute atomic E-state index is 12.8. The second kappa shape index (κ2) is 3.99. The lowest BCUT2D eigenvalue weighted by molar-refractivity contribution is 0.0914. The van der Waals surface area contributed by atoms with Gasteiger partial charge >= 0.3 is 0 Å². The highest BCUT2D eigenvalue weighted by molar-refractivity contribution is 9.25. The lowest BCUT2D eigenvalue weighted by atomic mass is 9.95. The highest BCUT2D eigenvalue weighted by atomic mass is 79.9. The van der Waals surface area contributed by atoms with Crippen LogP contribution in [0.25, 0.3) is 0 Å². The summed E-state index contributed by atoms with van der Waals surface area (Å²) in [6, 6.07) is 11.5. The maximum Gasteiger partial charge on any atom is 0.190 e. The molecule has 102 valence electrons. The van der Waals surface area contributed by atoms with Crippen LogP contribution in [0.5, 0.6) is 0 Å². The molecule has 1 aromatic carbocycles. The number of ketones is 1. The summed E-state index contributed by atoms with van der Waals surface area (Å²) in [6.07, 6.45) is 1.96. The molecular formula is C15H10Br2ClNO. The number of carbonyl (C=O) groups excluding carboxylic acids is 1. The van der Waals surface area contributed by atoms with Gasteiger partial charge in [0.1, 0.15) is 3.23 Å². The number of hydrogen-bond acceptors (Lipinski definition) is 1. The largest absolute Gasteiger partial charge is 0.344 e. The third-order valence-electron chi connectivity index (χ3n) is 4.47. The highest BCUT2D eigenvalue weighted by Crippen LogP contribution is 2.79. The van der Waals surface area contributed by atoms with Gasteiger partial charge in [-0.25, -0.2) is 0 Å². The summed E-state index contributed by atoms with van der Waals surface area (Å²) in [5, 5.41) is 0.710. The monoisotopic (exact) mass is 413 g/mol. The molecule has 5 heteroatoms. The van der Waals surface area contributed by atoms with Crippen LogP contribution in [0.2, 0.25) is 5.02 Å². The molecule has 2 atom stereocenters. The third-order valence-corrected chi connectivity index (χ3v) is 7.15. The molecule has 1 spiro atoms. The Morgan fingerprint density at radius 2 is 1.95 bits per heavy atom. The molecule has 0 radical (unpaired) electrons. The fraction of sp³-hybridized carbons (Fsp3) is 0.267. The maximum atomic E-state index is 12.8. The molecule has 20 heavy (non-hydrogen) atoms. The molecule has 0 amide bonds. The molecule has 4 rings (SSSR count). The predicted octanol–water partition coefficient (Wildman–Crippen LogP) is 4.61. The van der Waals surface area contributed by atoms with Gasteiger partial charge in [0.15, 0.2) is 5.78 Å². The number of rotatable bonds is 1. The molecule has 1 aliphatic carbocycles. The van der Waals surface area contributed by atoms with Gasteiger partial charge in [0.25, 0.3) is 0 Å². The van der Waals surface area contributed by atoms with Crippen LogP contribution in [0.3, 0.4) is 0 Å². The zero-order valence-electron chi connectivity index (χ0n) is 10.3. The Morgan fingerprint density at radius 1 is 1.20 bits per heavy atom. The molecule has 1 aromatic heterocycles. The first-order valence-electron chi connectivity index (χ1n) is 6.32. The van der Waals surface area contributed by atoms with Gasteiger partial charge in [-0.15, -0.1) is 0 Å². The summed E-state index contributed by atoms with van der Waals surface area (Å²) < 4.78 is 1.60. The summed E-state index contributed by atoms with van der Waals surface area (Å²) in [7, 11) is 0. The van der Waals surface area contributed by atoms with Crippen LogP contribution in [0.15, 0.2) is 42.6 Å². The second-order valence-electron chi connectivity index (χ2n) is 5.40. The van der Waals surface area contributed by atoms with E-state index in [1.807, 2.05) is 47.2 Å². The molecule has 0 bridgehead atoms. The number of nitrogens with zero attached hydrogens (tertiary/aromatic N) is 1. The van der Waals surface area contributed by atoms with Crippen LogP contribution in [-0.4, -0.2) is 13.6 Å². The Kier molecular flexibility index (Phi) is 2.62. The molecule has 0 N–H and O–H groups in total. The molecule has 2 aromatic rings. The first kappa shape index (κ1) is 13.1. The van der Waals surface area contributed by atoms with Crippen LogP contribution >= 0.6 is 43.5 Å². The molecule has 2 aliphatic rings. The van der Waals surface area contributed by atoms with Gasteiger partial charge in [-0.3, -0.25) is 4.79 Å². The quantitative estimate of drug-likeness (QED) is 0.624. The molecule has 2 nitrogen and oxygen atoms in total. The number of alkyl halides is 2. The van der Waals surface area contributed by atoms with E-state index in [1.165, 1.54) is 0 Å². The Balaban J connectivity index is 1.84. The van der Waals surface area contributed by atoms with Crippen molar-refractivity contribution < 1.29 is 4.79 Å². The van der Waals surface area contributed by atoms with E-state index in [0.29, 0.717) is 11.6 Å². The van der Waals surface area contributed by atoms with E-state index in [0.717, 1.165) is 11.3 Å². The van der Waals surface area contributed by atoms with Gasteiger partial charge < -0.3 is 4.57 Å². The zero-order chi connectivity index (χ0) is 14.1. The Hall–Kier alpha value is -0.580. The summed E-state index contributed by atoms with van der Waals surface area (Å²) >= 11 is 13.8. The van der Waals surface area contributed by atoms with Crippen molar-refractivity contribution in [2.45, 2.75) is 15.7 Å². The molecule has 1 aliphatic heterocycles. The molecule has 1 fully saturated rings. The van der Waals surface area contributed by atoms with Crippen molar-refractivity contribution in [3.8, 4) is 0 Å². The lowest BCUT2D eigenvalue weighted by Crippen LogP contribution is -2.18. The minimum absolute atomic E-state index is 0.0381. The van der Waals surface area contributed by atoms with Crippen LogP contribution in [-0.2, 0) is 6.54 Å². The SMILES string of the molecule is O=C1c2cccn2C[C@]12[C@@H](c1ccccc1Cl)C2(Br)Br. The molecule has 0 saturated heterocycles. The van der Waals surface area contributed by atoms with Crippen molar-refractivity contribution in [3.63, 3.8) is 0 Å². The number of halogens is 3. The smallest absolute Gasteiger partial charge is 0.190 e. The minimum Gasteiger partial charge on any atom is -0.344 e. The van der Waals surface area contributed by atoms with Crippen molar-refractivity contribution in [1.82, 2.24) is 4.57 Å². The topological polar surface area (TPSA) is 22.0 Å². The number of aromatic nitrogens is 1. The fourth-order valence-corrected chi connectivity index (χ4v) is 5.79. The fourth-order valence-electron chi connectivity index (χ4n) is 3.43. The molecule has 2 heterocycles. The third kappa shape index (κ3) is 1.38. The number of Topliss-reactive ketones (excluding diaryl/α,β-unsaturated/α-hetero) is 1. The van der Waals surface area contributed by atoms with Crippen LogP contribution in [0.1, 0.15) is 22.0 Å². The van der Waals surface area contributed by atoms with Crippen molar-refractivity contribution in [3.05, 3.63) is 58.9 Å². The van der Waals surface area contributed by atoms with E-state index in [-0.39, 0.29) is 11.7 Å². The van der Waals surface area contributed by atoms with Crippen LogP contribution in [0.4, 0.5) is 0 Å². The zero-order valence-corrected chi connectivity index (χ0v) is 14.2. The van der Waals surface area contributed by atoms with Gasteiger partial charge in [-0.1, -0.05) is 61.7 Å². The predicted molar refractivity (Wildman–Crippen MR) is 86.0 cm³/mol. The van der Waals surface area contributed by atoms with E-state index in [9.17, 15) is 4.79 Å². The average Bonchev–Trinajstić information content (AvgIpc) is 2.75. The van der Waals surface area contributed by atoms with Crippen LogP contribution in [0, 0.1) is 5.41 Å². The standard InChI is InChI=1S/C15H10Br2ClNO/c16-15(17)12(9-4-1-2-5-10(9)18)14(15)8-19-7-3-6-11(19)13(14)20/h1-7,12H,8H2/t12-,14+/m1/s1. The highest BCUT2D eigenvalue weighted by Gasteiger charge is 2.81.